The lowest BCUT2D eigenvalue weighted by molar-refractivity contribution is -0.115. The summed E-state index contributed by atoms with van der Waals surface area (Å²) in [6.45, 7) is 1.73. The molecule has 0 aliphatic heterocycles. The summed E-state index contributed by atoms with van der Waals surface area (Å²) in [6.07, 6.45) is 1.54. The van der Waals surface area contributed by atoms with Gasteiger partial charge in [-0.3, -0.25) is 14.4 Å². The first kappa shape index (κ1) is 31.1. The molecule has 1 atom stereocenters. The second kappa shape index (κ2) is 14.9. The molecule has 1 unspecified atom stereocenters. The van der Waals surface area contributed by atoms with Crippen LogP contribution in [0.15, 0.2) is 114 Å². The molecular weight excluding hydrogens is 586 g/mol. The second-order valence-corrected chi connectivity index (χ2v) is 11.1. The van der Waals surface area contributed by atoms with E-state index in [0.29, 0.717) is 27.5 Å². The minimum atomic E-state index is -0.552. The average Bonchev–Trinajstić information content (AvgIpc) is 3.01. The number of carbonyl (C=O) groups is 4. The van der Waals surface area contributed by atoms with Crippen LogP contribution < -0.4 is 16.0 Å². The molecule has 0 aliphatic rings. The number of carbonyl (C=O) groups excluding carboxylic acids is 4. The largest absolute Gasteiger partial charge is 0.465 e. The van der Waals surface area contributed by atoms with E-state index in [1.54, 1.807) is 110 Å². The number of methoxy groups -OCH3 is 1. The van der Waals surface area contributed by atoms with Gasteiger partial charge in [0.05, 0.1) is 23.6 Å². The van der Waals surface area contributed by atoms with E-state index >= 15 is 0 Å². The maximum Gasteiger partial charge on any atom is 0.339 e. The van der Waals surface area contributed by atoms with Gasteiger partial charge in [-0.15, -0.1) is 11.8 Å². The van der Waals surface area contributed by atoms with Gasteiger partial charge in [0.1, 0.15) is 5.70 Å². The molecule has 43 heavy (non-hydrogen) atoms. The number of nitrogens with one attached hydrogen (secondary N) is 3. The number of amides is 3. The summed E-state index contributed by atoms with van der Waals surface area (Å²) in [4.78, 5) is 52.0. The highest BCUT2D eigenvalue weighted by Gasteiger charge is 2.19. The van der Waals surface area contributed by atoms with Gasteiger partial charge >= 0.3 is 5.97 Å². The normalized spacial score (nSPS) is 11.7. The van der Waals surface area contributed by atoms with Gasteiger partial charge in [0.25, 0.3) is 11.8 Å². The summed E-state index contributed by atoms with van der Waals surface area (Å²) in [5.41, 5.74) is 2.11. The van der Waals surface area contributed by atoms with Crippen LogP contribution in [0.5, 0.6) is 0 Å². The molecule has 8 nitrogen and oxygen atoms in total. The zero-order valence-corrected chi connectivity index (χ0v) is 24.9. The molecular formula is C33H28ClN3O5S. The molecule has 10 heteroatoms. The molecule has 0 aromatic heterocycles. The third-order valence-electron chi connectivity index (χ3n) is 6.05. The zero-order chi connectivity index (χ0) is 30.8. The molecule has 0 spiro atoms. The number of ether oxygens (including phenoxy) is 1. The summed E-state index contributed by atoms with van der Waals surface area (Å²) in [5, 5.41) is 8.24. The molecule has 0 fully saturated rings. The predicted octanol–water partition coefficient (Wildman–Crippen LogP) is 6.66. The van der Waals surface area contributed by atoms with Crippen LogP contribution in [0.4, 0.5) is 11.4 Å². The van der Waals surface area contributed by atoms with Crippen molar-refractivity contribution in [3.8, 4) is 0 Å². The Morgan fingerprint density at radius 2 is 1.56 bits per heavy atom. The van der Waals surface area contributed by atoms with Crippen molar-refractivity contribution in [3.05, 3.63) is 131 Å². The van der Waals surface area contributed by atoms with E-state index in [9.17, 15) is 19.2 Å². The van der Waals surface area contributed by atoms with Crippen molar-refractivity contribution in [1.29, 1.82) is 0 Å². The molecule has 0 saturated carbocycles. The first-order valence-corrected chi connectivity index (χ1v) is 14.4. The number of hydrogen-bond donors (Lipinski definition) is 3. The van der Waals surface area contributed by atoms with Crippen LogP contribution in [0.25, 0.3) is 6.08 Å². The van der Waals surface area contributed by atoms with Crippen LogP contribution in [-0.2, 0) is 14.3 Å². The minimum Gasteiger partial charge on any atom is -0.465 e. The first-order valence-electron chi connectivity index (χ1n) is 13.1. The highest BCUT2D eigenvalue weighted by atomic mass is 35.5. The summed E-state index contributed by atoms with van der Waals surface area (Å²) < 4.78 is 4.80. The molecule has 0 radical (unpaired) electrons. The summed E-state index contributed by atoms with van der Waals surface area (Å²) in [5.74, 6) is -1.85. The number of thioether (sulfide) groups is 1. The molecule has 3 amide bonds. The van der Waals surface area contributed by atoms with Crippen molar-refractivity contribution in [1.82, 2.24) is 5.32 Å². The highest BCUT2D eigenvalue weighted by molar-refractivity contribution is 8.00. The van der Waals surface area contributed by atoms with Crippen LogP contribution in [0.2, 0.25) is 5.02 Å². The van der Waals surface area contributed by atoms with E-state index in [0.717, 1.165) is 4.90 Å². The summed E-state index contributed by atoms with van der Waals surface area (Å²) in [6, 6.07) is 29.0. The summed E-state index contributed by atoms with van der Waals surface area (Å²) >= 11 is 7.40. The summed E-state index contributed by atoms with van der Waals surface area (Å²) in [7, 11) is 1.28. The van der Waals surface area contributed by atoms with Crippen molar-refractivity contribution >= 4 is 64.5 Å². The Morgan fingerprint density at radius 3 is 2.30 bits per heavy atom. The van der Waals surface area contributed by atoms with Gasteiger partial charge < -0.3 is 20.7 Å². The van der Waals surface area contributed by atoms with E-state index in [1.807, 2.05) is 6.07 Å². The Hall–Kier alpha value is -4.86. The molecule has 4 rings (SSSR count). The number of anilines is 2. The van der Waals surface area contributed by atoms with Crippen LogP contribution in [-0.4, -0.2) is 36.1 Å². The fourth-order valence-corrected chi connectivity index (χ4v) is 5.05. The lowest BCUT2D eigenvalue weighted by atomic mass is 10.1. The topological polar surface area (TPSA) is 114 Å². The van der Waals surface area contributed by atoms with Gasteiger partial charge in [0.2, 0.25) is 5.91 Å². The number of para-hydroxylation sites is 1. The Bertz CT molecular complexity index is 1680. The predicted molar refractivity (Wildman–Crippen MR) is 170 cm³/mol. The third kappa shape index (κ3) is 8.81. The lowest BCUT2D eigenvalue weighted by Gasteiger charge is -2.15. The number of benzene rings is 4. The standard InChI is InChI=1S/C33H28ClN3O5S/c1-21(30(38)36-28-17-7-6-16-27(28)33(41)42-2)43-26-15-9-14-25(20-26)35-32(40)29(19-22-10-8-13-24(34)18-22)37-31(39)23-11-4-3-5-12-23/h3-21H,1-2H3,(H,35,40)(H,36,38)(H,37,39)/b29-19+. The Kier molecular flexibility index (Phi) is 10.7. The monoisotopic (exact) mass is 613 g/mol. The van der Waals surface area contributed by atoms with Crippen molar-refractivity contribution in [2.45, 2.75) is 17.1 Å². The van der Waals surface area contributed by atoms with Crippen LogP contribution in [0, 0.1) is 0 Å². The molecule has 4 aromatic rings. The Balaban J connectivity index is 1.48. The van der Waals surface area contributed by atoms with Gasteiger partial charge in [0.15, 0.2) is 0 Å². The molecule has 218 valence electrons. The highest BCUT2D eigenvalue weighted by Crippen LogP contribution is 2.27. The Labute approximate surface area is 258 Å². The van der Waals surface area contributed by atoms with Gasteiger partial charge in [-0.05, 0) is 73.2 Å². The maximum absolute atomic E-state index is 13.4. The SMILES string of the molecule is COC(=O)c1ccccc1NC(=O)C(C)Sc1cccc(NC(=O)/C(=C\c2cccc(Cl)c2)NC(=O)c2ccccc2)c1. The van der Waals surface area contributed by atoms with Gasteiger partial charge in [-0.2, -0.15) is 0 Å². The van der Waals surface area contributed by atoms with Crippen LogP contribution in [0.1, 0.15) is 33.2 Å². The molecule has 0 heterocycles. The third-order valence-corrected chi connectivity index (χ3v) is 7.38. The van der Waals surface area contributed by atoms with Gasteiger partial charge in [-0.25, -0.2) is 4.79 Å². The van der Waals surface area contributed by atoms with E-state index in [-0.39, 0.29) is 17.2 Å². The number of hydrogen-bond acceptors (Lipinski definition) is 6. The van der Waals surface area contributed by atoms with Crippen LogP contribution >= 0.6 is 23.4 Å². The Morgan fingerprint density at radius 1 is 0.837 bits per heavy atom. The van der Waals surface area contributed by atoms with Crippen molar-refractivity contribution in [2.24, 2.45) is 0 Å². The lowest BCUT2D eigenvalue weighted by Crippen LogP contribution is -2.30. The quantitative estimate of drug-likeness (QED) is 0.105. The van der Waals surface area contributed by atoms with Gasteiger partial charge in [-0.1, -0.05) is 60.1 Å². The number of rotatable bonds is 10. The number of esters is 1. The van der Waals surface area contributed by atoms with Crippen molar-refractivity contribution in [2.75, 3.05) is 17.7 Å². The van der Waals surface area contributed by atoms with E-state index in [4.69, 9.17) is 16.3 Å². The number of halogens is 1. The van der Waals surface area contributed by atoms with Crippen LogP contribution in [0.3, 0.4) is 0 Å². The van der Waals surface area contributed by atoms with Gasteiger partial charge in [0, 0.05) is 21.2 Å². The smallest absolute Gasteiger partial charge is 0.339 e. The van der Waals surface area contributed by atoms with E-state index in [2.05, 4.69) is 16.0 Å². The first-order chi connectivity index (χ1) is 20.7. The van der Waals surface area contributed by atoms with E-state index < -0.39 is 23.0 Å². The molecule has 4 aromatic carbocycles. The zero-order valence-electron chi connectivity index (χ0n) is 23.3. The minimum absolute atomic E-state index is 0.0196. The molecule has 0 bridgehead atoms. The van der Waals surface area contributed by atoms with Crippen molar-refractivity contribution < 1.29 is 23.9 Å². The fourth-order valence-electron chi connectivity index (χ4n) is 3.92. The average molecular weight is 614 g/mol. The maximum atomic E-state index is 13.4. The molecule has 0 saturated heterocycles. The second-order valence-electron chi connectivity index (χ2n) is 9.20. The fraction of sp³-hybridized carbons (Fsp3) is 0.0909. The molecule has 3 N–H and O–H groups in total. The molecule has 0 aliphatic carbocycles. The van der Waals surface area contributed by atoms with E-state index in [1.165, 1.54) is 18.9 Å². The van der Waals surface area contributed by atoms with Crippen molar-refractivity contribution in [3.63, 3.8) is 0 Å².